The van der Waals surface area contributed by atoms with E-state index in [0.717, 1.165) is 32.1 Å². The Kier molecular flexibility index (Phi) is 3.24. The van der Waals surface area contributed by atoms with E-state index in [2.05, 4.69) is 13.8 Å². The molecule has 3 nitrogen and oxygen atoms in total. The Morgan fingerprint density at radius 2 is 1.74 bits per heavy atom. The molecule has 0 bridgehead atoms. The monoisotopic (exact) mass is 314 g/mol. The summed E-state index contributed by atoms with van der Waals surface area (Å²) in [5.41, 5.74) is 1.52. The van der Waals surface area contributed by atoms with Crippen LogP contribution < -0.4 is 0 Å². The predicted molar refractivity (Wildman–Crippen MR) is 86.7 cm³/mol. The molecular weight excluding hydrogens is 288 g/mol. The van der Waals surface area contributed by atoms with Crippen LogP contribution in [0.15, 0.2) is 11.6 Å². The largest absolute Gasteiger partial charge is 0.295 e. The zero-order valence-corrected chi connectivity index (χ0v) is 14.2. The number of carbonyl (C=O) groups excluding carboxylic acids is 3. The minimum atomic E-state index is -0.145. The Bertz CT molecular complexity index is 631. The number of ketones is 3. The van der Waals surface area contributed by atoms with Gasteiger partial charge in [-0.3, -0.25) is 14.4 Å². The van der Waals surface area contributed by atoms with Gasteiger partial charge in [0.25, 0.3) is 0 Å². The summed E-state index contributed by atoms with van der Waals surface area (Å²) in [6, 6.07) is 0. The van der Waals surface area contributed by atoms with Crippen LogP contribution in [-0.2, 0) is 14.4 Å². The summed E-state index contributed by atoms with van der Waals surface area (Å²) < 4.78 is 0. The molecule has 124 valence electrons. The molecule has 3 saturated carbocycles. The molecule has 0 amide bonds. The van der Waals surface area contributed by atoms with Crippen molar-refractivity contribution in [3.8, 4) is 0 Å². The third-order valence-corrected chi connectivity index (χ3v) is 7.76. The lowest BCUT2D eigenvalue weighted by atomic mass is 9.45. The summed E-state index contributed by atoms with van der Waals surface area (Å²) >= 11 is 0. The molecule has 0 aromatic rings. The molecule has 3 heteroatoms. The van der Waals surface area contributed by atoms with Crippen molar-refractivity contribution in [2.45, 2.75) is 65.2 Å². The van der Waals surface area contributed by atoms with E-state index in [0.29, 0.717) is 37.0 Å². The Balaban J connectivity index is 1.69. The lowest BCUT2D eigenvalue weighted by molar-refractivity contribution is -0.150. The van der Waals surface area contributed by atoms with Crippen LogP contribution in [0.5, 0.6) is 0 Å². The Labute approximate surface area is 137 Å². The number of carbonyl (C=O) groups is 3. The van der Waals surface area contributed by atoms with Gasteiger partial charge >= 0.3 is 0 Å². The average Bonchev–Trinajstić information content (AvgIpc) is 2.49. The van der Waals surface area contributed by atoms with Crippen LogP contribution in [0.2, 0.25) is 0 Å². The zero-order chi connectivity index (χ0) is 16.4. The summed E-state index contributed by atoms with van der Waals surface area (Å²) in [5.74, 6) is 1.49. The lowest BCUT2D eigenvalue weighted by Gasteiger charge is -2.59. The van der Waals surface area contributed by atoms with E-state index in [1.807, 2.05) is 6.08 Å². The second kappa shape index (κ2) is 4.87. The minimum Gasteiger partial charge on any atom is -0.295 e. The summed E-state index contributed by atoms with van der Waals surface area (Å²) in [5, 5.41) is 0. The molecule has 4 aliphatic rings. The highest BCUT2D eigenvalue weighted by atomic mass is 16.2. The number of fused-ring (bicyclic) bond motifs is 5. The zero-order valence-electron chi connectivity index (χ0n) is 14.2. The summed E-state index contributed by atoms with van der Waals surface area (Å²) in [7, 11) is 0. The van der Waals surface area contributed by atoms with Crippen LogP contribution in [-0.4, -0.2) is 17.3 Å². The van der Waals surface area contributed by atoms with Crippen LogP contribution in [0, 0.1) is 28.6 Å². The maximum absolute atomic E-state index is 12.1. The number of hydrogen-bond acceptors (Lipinski definition) is 3. The molecule has 0 aromatic carbocycles. The van der Waals surface area contributed by atoms with Gasteiger partial charge in [-0.15, -0.1) is 0 Å². The summed E-state index contributed by atoms with van der Waals surface area (Å²) in [6.45, 7) is 4.58. The van der Waals surface area contributed by atoms with Crippen molar-refractivity contribution in [1.29, 1.82) is 0 Å². The first-order chi connectivity index (χ1) is 10.8. The Morgan fingerprint density at radius 1 is 0.957 bits per heavy atom. The second-order valence-electron chi connectivity index (χ2n) is 8.89. The fourth-order valence-electron chi connectivity index (χ4n) is 6.35. The SMILES string of the molecule is C[C@]12CC[C@H]3[C@@H](CCC4=CC(=O)CC[C@@]43C)[C@@H]1CC(=O)C(=O)C2. The molecule has 0 N–H and O–H groups in total. The predicted octanol–water partition coefficient (Wildman–Crippen LogP) is 3.66. The third-order valence-electron chi connectivity index (χ3n) is 7.76. The van der Waals surface area contributed by atoms with Crippen molar-refractivity contribution in [3.63, 3.8) is 0 Å². The topological polar surface area (TPSA) is 51.2 Å². The first kappa shape index (κ1) is 15.3. The molecule has 4 rings (SSSR count). The summed E-state index contributed by atoms with van der Waals surface area (Å²) in [6.07, 6.45) is 8.75. The van der Waals surface area contributed by atoms with Gasteiger partial charge in [-0.05, 0) is 66.8 Å². The molecule has 0 aliphatic heterocycles. The van der Waals surface area contributed by atoms with Crippen molar-refractivity contribution < 1.29 is 14.4 Å². The van der Waals surface area contributed by atoms with Gasteiger partial charge in [-0.1, -0.05) is 19.4 Å². The van der Waals surface area contributed by atoms with Gasteiger partial charge in [0.15, 0.2) is 17.3 Å². The van der Waals surface area contributed by atoms with Crippen LogP contribution >= 0.6 is 0 Å². The summed E-state index contributed by atoms with van der Waals surface area (Å²) in [4.78, 5) is 35.8. The number of allylic oxidation sites excluding steroid dienone is 2. The molecule has 0 radical (unpaired) electrons. The molecule has 0 saturated heterocycles. The molecule has 0 heterocycles. The molecule has 4 aliphatic carbocycles. The highest BCUT2D eigenvalue weighted by Crippen LogP contribution is 2.63. The van der Waals surface area contributed by atoms with Gasteiger partial charge < -0.3 is 0 Å². The standard InChI is InChI=1S/C20H26O3/c1-19-7-6-15-14(16(19)10-17(22)18(23)11-19)4-3-12-9-13(21)5-8-20(12,15)2/h9,14-16H,3-8,10-11H2,1-2H3/t14-,15+,16+,19-,20+/m1/s1. The lowest BCUT2D eigenvalue weighted by Crippen LogP contribution is -2.54. The highest BCUT2D eigenvalue weighted by Gasteiger charge is 2.57. The van der Waals surface area contributed by atoms with Crippen LogP contribution in [0.25, 0.3) is 0 Å². The van der Waals surface area contributed by atoms with E-state index < -0.39 is 0 Å². The first-order valence-corrected chi connectivity index (χ1v) is 9.13. The van der Waals surface area contributed by atoms with E-state index >= 15 is 0 Å². The van der Waals surface area contributed by atoms with Crippen molar-refractivity contribution in [2.75, 3.05) is 0 Å². The van der Waals surface area contributed by atoms with Crippen molar-refractivity contribution in [3.05, 3.63) is 11.6 Å². The number of Topliss-reactive ketones (excluding diaryl/α,β-unsaturated/α-hetero) is 2. The Hall–Kier alpha value is -1.25. The minimum absolute atomic E-state index is 0.0220. The fraction of sp³-hybridized carbons (Fsp3) is 0.750. The molecule has 3 fully saturated rings. The van der Waals surface area contributed by atoms with E-state index in [9.17, 15) is 14.4 Å². The van der Waals surface area contributed by atoms with Crippen molar-refractivity contribution in [2.24, 2.45) is 28.6 Å². The fourth-order valence-corrected chi connectivity index (χ4v) is 6.35. The molecular formula is C20H26O3. The number of rotatable bonds is 0. The molecule has 0 spiro atoms. The quantitative estimate of drug-likeness (QED) is 0.641. The molecule has 0 aromatic heterocycles. The smallest absolute Gasteiger partial charge is 0.198 e. The maximum atomic E-state index is 12.1. The van der Waals surface area contributed by atoms with Gasteiger partial charge in [-0.25, -0.2) is 0 Å². The van der Waals surface area contributed by atoms with E-state index in [1.54, 1.807) is 0 Å². The van der Waals surface area contributed by atoms with E-state index in [1.165, 1.54) is 5.57 Å². The third kappa shape index (κ3) is 2.11. The Morgan fingerprint density at radius 3 is 2.52 bits per heavy atom. The van der Waals surface area contributed by atoms with Crippen molar-refractivity contribution in [1.82, 2.24) is 0 Å². The average molecular weight is 314 g/mol. The maximum Gasteiger partial charge on any atom is 0.198 e. The van der Waals surface area contributed by atoms with Gasteiger partial charge in [0.2, 0.25) is 0 Å². The number of hydrogen-bond donors (Lipinski definition) is 0. The highest BCUT2D eigenvalue weighted by molar-refractivity contribution is 6.38. The van der Waals surface area contributed by atoms with Gasteiger partial charge in [0.1, 0.15) is 0 Å². The van der Waals surface area contributed by atoms with Gasteiger partial charge in [0.05, 0.1) is 0 Å². The van der Waals surface area contributed by atoms with E-state index in [4.69, 9.17) is 0 Å². The molecule has 5 atom stereocenters. The molecule has 0 unspecified atom stereocenters. The van der Waals surface area contributed by atoms with Crippen LogP contribution in [0.1, 0.15) is 65.2 Å². The van der Waals surface area contributed by atoms with E-state index in [-0.39, 0.29) is 28.2 Å². The van der Waals surface area contributed by atoms with Gasteiger partial charge in [0, 0.05) is 19.3 Å². The normalized spacial score (nSPS) is 46.6. The first-order valence-electron chi connectivity index (χ1n) is 9.13. The van der Waals surface area contributed by atoms with Gasteiger partial charge in [-0.2, -0.15) is 0 Å². The second-order valence-corrected chi connectivity index (χ2v) is 8.89. The van der Waals surface area contributed by atoms with Crippen molar-refractivity contribution >= 4 is 17.3 Å². The van der Waals surface area contributed by atoms with Crippen LogP contribution in [0.4, 0.5) is 0 Å². The molecule has 23 heavy (non-hydrogen) atoms. The van der Waals surface area contributed by atoms with Crippen LogP contribution in [0.3, 0.4) is 0 Å².